The topological polar surface area (TPSA) is 193 Å². The second-order valence-electron chi connectivity index (χ2n) is 20.0. The average Bonchev–Trinajstić information content (AvgIpc) is 3.97. The fourth-order valence-electron chi connectivity index (χ4n) is 8.88. The third-order valence-corrected chi connectivity index (χ3v) is 20.3. The minimum atomic E-state index is -3.22. The van der Waals surface area contributed by atoms with Crippen LogP contribution in [0, 0.1) is 6.92 Å². The molecule has 74 heavy (non-hydrogen) atoms. The summed E-state index contributed by atoms with van der Waals surface area (Å²) in [6.45, 7) is 10.7. The summed E-state index contributed by atoms with van der Waals surface area (Å²) in [6, 6.07) is 35.3. The summed E-state index contributed by atoms with van der Waals surface area (Å²) in [5.74, 6) is 0.981. The standard InChI is InChI=1S/C54H64N5O12PSSi/c1-35-32-59(52(63)57-49(35)60)48-31-43(71-74(8,9)53(2,3)4)45(69-48)34-67-72(7,73)70-42-30-47(58-29-28-46(56-51(58)62)55-50(61)36-16-12-10-13-17-36)68-44(42)33-66-54(37-18-14-11-15-19-37,38-20-24-40(64-5)25-21-38)39-22-26-41(65-6)27-23-39/h10-29,32,42-45,47-48H,30-31,33-34H2,1-9H3,(H,57,60,63)(H,55,56,61,62)/t42-,43-,44+,45+,47+,48+,72?/m0/s1. The van der Waals surface area contributed by atoms with Crippen molar-refractivity contribution in [2.24, 2.45) is 0 Å². The molecule has 17 nitrogen and oxygen atoms in total. The second-order valence-corrected chi connectivity index (χ2v) is 28.7. The predicted molar refractivity (Wildman–Crippen MR) is 287 cm³/mol. The summed E-state index contributed by atoms with van der Waals surface area (Å²) in [4.78, 5) is 58.9. The van der Waals surface area contributed by atoms with Crippen molar-refractivity contribution in [1.29, 1.82) is 0 Å². The monoisotopic (exact) mass is 1070 g/mol. The molecule has 8 rings (SSSR count). The Balaban J connectivity index is 1.11. The minimum Gasteiger partial charge on any atom is -0.497 e. The summed E-state index contributed by atoms with van der Waals surface area (Å²) >= 11 is 6.21. The highest BCUT2D eigenvalue weighted by Gasteiger charge is 2.47. The highest BCUT2D eigenvalue weighted by Crippen LogP contribution is 2.51. The smallest absolute Gasteiger partial charge is 0.351 e. The molecule has 0 saturated carbocycles. The fourth-order valence-corrected chi connectivity index (χ4v) is 11.9. The number of nitrogens with one attached hydrogen (secondary N) is 2. The molecule has 2 aliphatic heterocycles. The number of hydrogen-bond acceptors (Lipinski definition) is 14. The van der Waals surface area contributed by atoms with E-state index in [1.165, 1.54) is 27.6 Å². The highest BCUT2D eigenvalue weighted by atomic mass is 32.5. The number of ether oxygens (including phenoxy) is 5. The third-order valence-electron chi connectivity index (χ3n) is 13.9. The van der Waals surface area contributed by atoms with E-state index in [9.17, 15) is 19.2 Å². The van der Waals surface area contributed by atoms with E-state index in [1.807, 2.05) is 78.9 Å². The Hall–Kier alpha value is -5.86. The van der Waals surface area contributed by atoms with Crippen molar-refractivity contribution in [3.05, 3.63) is 187 Å². The number of aromatic nitrogens is 4. The van der Waals surface area contributed by atoms with E-state index in [-0.39, 0.29) is 30.5 Å². The Morgan fingerprint density at radius 3 is 1.89 bits per heavy atom. The SMILES string of the molecule is COc1ccc(C(OC[C@H]2O[C@@H](n3ccc(NC(=O)c4ccccc4)nc3=O)C[C@@H]2OP(C)(=S)OC[C@H]2O[C@@H](n3cc(C)c(=O)[nH]c3=O)C[C@@H]2O[Si](C)(C)C(C)(C)C)(c2ccccc2)c2ccc(OC)cc2)cc1. The third kappa shape index (κ3) is 12.1. The lowest BCUT2D eigenvalue weighted by atomic mass is 9.80. The molecule has 20 heteroatoms. The van der Waals surface area contributed by atoms with Crippen LogP contribution >= 0.6 is 6.49 Å². The number of anilines is 1. The molecule has 0 bridgehead atoms. The molecule has 1 amide bonds. The van der Waals surface area contributed by atoms with E-state index in [2.05, 4.69) is 49.1 Å². The van der Waals surface area contributed by atoms with Gasteiger partial charge in [0, 0.05) is 43.0 Å². The van der Waals surface area contributed by atoms with Gasteiger partial charge in [-0.1, -0.05) is 93.6 Å². The number of aromatic amines is 1. The van der Waals surface area contributed by atoms with E-state index >= 15 is 0 Å². The van der Waals surface area contributed by atoms with Gasteiger partial charge in [0.2, 0.25) is 0 Å². The van der Waals surface area contributed by atoms with Crippen molar-refractivity contribution in [2.45, 2.75) is 101 Å². The summed E-state index contributed by atoms with van der Waals surface area (Å²) < 4.78 is 54.9. The van der Waals surface area contributed by atoms with Gasteiger partial charge in [-0.3, -0.25) is 23.7 Å². The first kappa shape index (κ1) is 54.4. The summed E-state index contributed by atoms with van der Waals surface area (Å²) in [5, 5.41) is 2.56. The van der Waals surface area contributed by atoms with Gasteiger partial charge in [0.15, 0.2) is 14.8 Å². The molecule has 2 N–H and O–H groups in total. The summed E-state index contributed by atoms with van der Waals surface area (Å²) in [6.07, 6.45) is -0.980. The first-order valence-corrected chi connectivity index (χ1v) is 30.3. The number of benzene rings is 4. The molecule has 4 heterocycles. The molecule has 2 aromatic heterocycles. The van der Waals surface area contributed by atoms with Gasteiger partial charge in [0.1, 0.15) is 47.6 Å². The number of hydrogen-bond donors (Lipinski definition) is 2. The molecule has 4 aromatic carbocycles. The molecule has 0 aliphatic carbocycles. The van der Waals surface area contributed by atoms with Crippen molar-refractivity contribution in [2.75, 3.05) is 39.4 Å². The van der Waals surface area contributed by atoms with Gasteiger partial charge in [-0.15, -0.1) is 0 Å². The van der Waals surface area contributed by atoms with Gasteiger partial charge >= 0.3 is 11.4 Å². The van der Waals surface area contributed by atoms with Crippen molar-refractivity contribution in [3.8, 4) is 11.5 Å². The molecule has 2 fully saturated rings. The zero-order valence-electron chi connectivity index (χ0n) is 43.0. The molecule has 0 spiro atoms. The van der Waals surface area contributed by atoms with Crippen LogP contribution in [-0.2, 0) is 45.1 Å². The Morgan fingerprint density at radius 1 is 0.784 bits per heavy atom. The van der Waals surface area contributed by atoms with Crippen LogP contribution in [0.15, 0.2) is 142 Å². The van der Waals surface area contributed by atoms with Crippen LogP contribution in [0.25, 0.3) is 0 Å². The molecular formula is C54H64N5O12PSSi. The van der Waals surface area contributed by atoms with Gasteiger partial charge in [0.05, 0.1) is 39.6 Å². The molecular weight excluding hydrogens is 1000 g/mol. The Bertz CT molecular complexity index is 3090. The number of aryl methyl sites for hydroxylation is 1. The van der Waals surface area contributed by atoms with Gasteiger partial charge in [0.25, 0.3) is 11.5 Å². The molecule has 7 atom stereocenters. The molecule has 6 aromatic rings. The Morgan fingerprint density at radius 2 is 1.32 bits per heavy atom. The van der Waals surface area contributed by atoms with Crippen molar-refractivity contribution >= 4 is 38.3 Å². The normalized spacial score (nSPS) is 21.0. The Labute approximate surface area is 436 Å². The van der Waals surface area contributed by atoms with Gasteiger partial charge in [-0.2, -0.15) is 4.98 Å². The van der Waals surface area contributed by atoms with Gasteiger partial charge in [-0.25, -0.2) is 9.59 Å². The lowest BCUT2D eigenvalue weighted by molar-refractivity contribution is -0.0922. The van der Waals surface area contributed by atoms with Crippen LogP contribution in [0.2, 0.25) is 18.1 Å². The first-order chi connectivity index (χ1) is 35.2. The lowest BCUT2D eigenvalue weighted by Crippen LogP contribution is -2.46. The van der Waals surface area contributed by atoms with Crippen LogP contribution in [0.5, 0.6) is 11.5 Å². The summed E-state index contributed by atoms with van der Waals surface area (Å²) in [5.41, 5.74) is 0.221. The van der Waals surface area contributed by atoms with Gasteiger partial charge < -0.3 is 42.5 Å². The molecule has 1 unspecified atom stereocenters. The number of nitrogens with zero attached hydrogens (tertiary/aromatic N) is 3. The van der Waals surface area contributed by atoms with E-state index in [0.29, 0.717) is 29.0 Å². The molecule has 0 radical (unpaired) electrons. The van der Waals surface area contributed by atoms with Crippen molar-refractivity contribution in [3.63, 3.8) is 0 Å². The predicted octanol–water partition coefficient (Wildman–Crippen LogP) is 8.69. The van der Waals surface area contributed by atoms with E-state index < -0.39 is 80.1 Å². The van der Waals surface area contributed by atoms with Gasteiger partial charge in [-0.05, 0) is 96.0 Å². The first-order valence-electron chi connectivity index (χ1n) is 24.4. The Kier molecular flexibility index (Phi) is 16.6. The van der Waals surface area contributed by atoms with Crippen LogP contribution in [0.1, 0.15) is 78.7 Å². The summed E-state index contributed by atoms with van der Waals surface area (Å²) in [7, 11) is 0.825. The van der Waals surface area contributed by atoms with Crippen molar-refractivity contribution in [1.82, 2.24) is 19.1 Å². The minimum absolute atomic E-state index is 0.0373. The molecule has 2 saturated heterocycles. The number of methoxy groups -OCH3 is 2. The maximum atomic E-state index is 13.9. The van der Waals surface area contributed by atoms with Crippen LogP contribution in [-0.4, -0.2) is 91.8 Å². The van der Waals surface area contributed by atoms with E-state index in [1.54, 1.807) is 58.1 Å². The zero-order chi connectivity index (χ0) is 53.0. The number of H-pyrrole nitrogens is 1. The van der Waals surface area contributed by atoms with E-state index in [4.69, 9.17) is 49.0 Å². The number of carbonyl (C=O) groups excluding carboxylic acids is 1. The fraction of sp³-hybridized carbons (Fsp3) is 0.389. The largest absolute Gasteiger partial charge is 0.497 e. The lowest BCUT2D eigenvalue weighted by Gasteiger charge is -2.39. The van der Waals surface area contributed by atoms with Crippen LogP contribution in [0.4, 0.5) is 5.82 Å². The molecule has 392 valence electrons. The number of amides is 1. The molecule has 2 aliphatic rings. The maximum absolute atomic E-state index is 13.9. The van der Waals surface area contributed by atoms with Crippen LogP contribution in [0.3, 0.4) is 0 Å². The van der Waals surface area contributed by atoms with Crippen molar-refractivity contribution < 1.29 is 42.0 Å². The zero-order valence-corrected chi connectivity index (χ0v) is 45.7. The van der Waals surface area contributed by atoms with E-state index in [0.717, 1.165) is 16.7 Å². The average molecular weight is 1070 g/mol. The quantitative estimate of drug-likeness (QED) is 0.0445. The highest BCUT2D eigenvalue weighted by molar-refractivity contribution is 8.09. The second kappa shape index (κ2) is 22.5. The number of rotatable bonds is 19. The maximum Gasteiger partial charge on any atom is 0.351 e. The number of carbonyl (C=O) groups is 1. The van der Waals surface area contributed by atoms with Crippen LogP contribution < -0.4 is 31.7 Å².